The molecule has 0 aliphatic rings. The SMILES string of the molecule is CC(C)c1nc2cc(N)c(C(=O)O)cc2[nH]1. The number of H-pyrrole nitrogens is 1. The molecule has 4 N–H and O–H groups in total. The van der Waals surface area contributed by atoms with Gasteiger partial charge in [-0.25, -0.2) is 9.78 Å². The third kappa shape index (κ3) is 1.60. The van der Waals surface area contributed by atoms with Gasteiger partial charge in [-0.1, -0.05) is 13.8 Å². The van der Waals surface area contributed by atoms with Gasteiger partial charge in [-0.05, 0) is 12.1 Å². The molecule has 0 saturated heterocycles. The number of aromatic nitrogens is 2. The van der Waals surface area contributed by atoms with Crippen molar-refractivity contribution >= 4 is 22.7 Å². The molecule has 2 rings (SSSR count). The van der Waals surface area contributed by atoms with Crippen LogP contribution in [0.2, 0.25) is 0 Å². The first kappa shape index (κ1) is 10.5. The van der Waals surface area contributed by atoms with Gasteiger partial charge in [0.25, 0.3) is 0 Å². The molecule has 5 nitrogen and oxygen atoms in total. The molecule has 0 bridgehead atoms. The van der Waals surface area contributed by atoms with E-state index in [2.05, 4.69) is 9.97 Å². The summed E-state index contributed by atoms with van der Waals surface area (Å²) in [6, 6.07) is 3.10. The van der Waals surface area contributed by atoms with Crippen LogP contribution in [-0.4, -0.2) is 21.0 Å². The summed E-state index contributed by atoms with van der Waals surface area (Å²) in [5.41, 5.74) is 7.38. The van der Waals surface area contributed by atoms with Crippen molar-refractivity contribution in [2.75, 3.05) is 5.73 Å². The van der Waals surface area contributed by atoms with Crippen LogP contribution in [0.15, 0.2) is 12.1 Å². The number of carboxylic acid groups (broad SMARTS) is 1. The highest BCUT2D eigenvalue weighted by Gasteiger charge is 2.12. The lowest BCUT2D eigenvalue weighted by atomic mass is 10.1. The predicted octanol–water partition coefficient (Wildman–Crippen LogP) is 1.97. The quantitative estimate of drug-likeness (QED) is 0.673. The van der Waals surface area contributed by atoms with Gasteiger partial charge < -0.3 is 15.8 Å². The van der Waals surface area contributed by atoms with Crippen LogP contribution in [0.3, 0.4) is 0 Å². The Kier molecular flexibility index (Phi) is 2.30. The number of nitrogens with one attached hydrogen (secondary N) is 1. The molecule has 0 amide bonds. The standard InChI is InChI=1S/C11H13N3O2/c1-5(2)10-13-8-3-6(11(15)16)7(12)4-9(8)14-10/h3-5H,12H2,1-2H3,(H,13,14)(H,15,16). The number of hydrogen-bond acceptors (Lipinski definition) is 3. The molecule has 0 aliphatic carbocycles. The zero-order chi connectivity index (χ0) is 11.9. The molecule has 16 heavy (non-hydrogen) atoms. The number of nitrogens with zero attached hydrogens (tertiary/aromatic N) is 1. The number of nitrogens with two attached hydrogens (primary N) is 1. The van der Waals surface area contributed by atoms with Crippen molar-refractivity contribution in [3.8, 4) is 0 Å². The van der Waals surface area contributed by atoms with E-state index in [0.717, 1.165) is 5.82 Å². The number of nitrogen functional groups attached to an aromatic ring is 1. The minimum atomic E-state index is -1.03. The Labute approximate surface area is 92.3 Å². The summed E-state index contributed by atoms with van der Waals surface area (Å²) in [6.07, 6.45) is 0. The molecule has 5 heteroatoms. The Morgan fingerprint density at radius 1 is 1.50 bits per heavy atom. The molecule has 84 valence electrons. The largest absolute Gasteiger partial charge is 0.478 e. The van der Waals surface area contributed by atoms with Gasteiger partial charge in [0.05, 0.1) is 16.6 Å². The van der Waals surface area contributed by atoms with Crippen LogP contribution < -0.4 is 5.73 Å². The monoisotopic (exact) mass is 219 g/mol. The number of aromatic amines is 1. The topological polar surface area (TPSA) is 92.0 Å². The van der Waals surface area contributed by atoms with Crippen LogP contribution in [-0.2, 0) is 0 Å². The maximum absolute atomic E-state index is 10.9. The second-order valence-corrected chi connectivity index (χ2v) is 4.04. The smallest absolute Gasteiger partial charge is 0.337 e. The number of aromatic carboxylic acids is 1. The van der Waals surface area contributed by atoms with Crippen LogP contribution in [0.5, 0.6) is 0 Å². The first-order valence-corrected chi connectivity index (χ1v) is 5.01. The van der Waals surface area contributed by atoms with Gasteiger partial charge in [-0.2, -0.15) is 0 Å². The fraction of sp³-hybridized carbons (Fsp3) is 0.273. The van der Waals surface area contributed by atoms with Crippen molar-refractivity contribution in [2.45, 2.75) is 19.8 Å². The fourth-order valence-corrected chi connectivity index (χ4v) is 1.55. The van der Waals surface area contributed by atoms with Crippen LogP contribution in [0.25, 0.3) is 11.0 Å². The minimum absolute atomic E-state index is 0.103. The average molecular weight is 219 g/mol. The Hall–Kier alpha value is -2.04. The molecular formula is C11H13N3O2. The molecule has 0 fully saturated rings. The van der Waals surface area contributed by atoms with Crippen LogP contribution in [0.4, 0.5) is 5.69 Å². The highest BCUT2D eigenvalue weighted by molar-refractivity contribution is 5.98. The highest BCUT2D eigenvalue weighted by atomic mass is 16.4. The van der Waals surface area contributed by atoms with Crippen LogP contribution in [0, 0.1) is 0 Å². The maximum atomic E-state index is 10.9. The Morgan fingerprint density at radius 2 is 2.19 bits per heavy atom. The number of imidazole rings is 1. The summed E-state index contributed by atoms with van der Waals surface area (Å²) in [5, 5.41) is 8.93. The predicted molar refractivity (Wildman–Crippen MR) is 61.6 cm³/mol. The molecule has 2 aromatic rings. The summed E-state index contributed by atoms with van der Waals surface area (Å²) < 4.78 is 0. The Bertz CT molecular complexity index is 558. The normalized spacial score (nSPS) is 11.2. The Morgan fingerprint density at radius 3 is 2.75 bits per heavy atom. The molecule has 0 unspecified atom stereocenters. The number of carbonyl (C=O) groups is 1. The zero-order valence-corrected chi connectivity index (χ0v) is 9.11. The second-order valence-electron chi connectivity index (χ2n) is 4.04. The number of benzene rings is 1. The van der Waals surface area contributed by atoms with E-state index in [1.807, 2.05) is 13.8 Å². The molecule has 0 radical (unpaired) electrons. The number of anilines is 1. The van der Waals surface area contributed by atoms with Gasteiger partial charge in [-0.15, -0.1) is 0 Å². The summed E-state index contributed by atoms with van der Waals surface area (Å²) in [7, 11) is 0. The third-order valence-electron chi connectivity index (χ3n) is 2.45. The van der Waals surface area contributed by atoms with Gasteiger partial charge >= 0.3 is 5.97 Å². The van der Waals surface area contributed by atoms with Crippen molar-refractivity contribution in [2.24, 2.45) is 0 Å². The van der Waals surface area contributed by atoms with Crippen LogP contribution in [0.1, 0.15) is 35.9 Å². The molecule has 0 saturated carbocycles. The number of hydrogen-bond donors (Lipinski definition) is 3. The number of rotatable bonds is 2. The lowest BCUT2D eigenvalue weighted by Gasteiger charge is -1.99. The van der Waals surface area contributed by atoms with E-state index in [1.165, 1.54) is 6.07 Å². The van der Waals surface area contributed by atoms with Gasteiger partial charge in [0.2, 0.25) is 0 Å². The van der Waals surface area contributed by atoms with Crippen LogP contribution >= 0.6 is 0 Å². The van der Waals surface area contributed by atoms with Gasteiger partial charge in [0, 0.05) is 11.6 Å². The first-order valence-electron chi connectivity index (χ1n) is 5.01. The Balaban J connectivity index is 2.65. The van der Waals surface area contributed by atoms with E-state index in [9.17, 15) is 4.79 Å². The number of carboxylic acids is 1. The van der Waals surface area contributed by atoms with E-state index in [1.54, 1.807) is 6.07 Å². The maximum Gasteiger partial charge on any atom is 0.337 e. The lowest BCUT2D eigenvalue weighted by molar-refractivity contribution is 0.0698. The summed E-state index contributed by atoms with van der Waals surface area (Å²) >= 11 is 0. The molecule has 0 spiro atoms. The summed E-state index contributed by atoms with van der Waals surface area (Å²) in [6.45, 7) is 4.03. The summed E-state index contributed by atoms with van der Waals surface area (Å²) in [5.74, 6) is 0.0685. The van der Waals surface area contributed by atoms with E-state index in [0.29, 0.717) is 11.0 Å². The molecule has 1 aromatic carbocycles. The number of fused-ring (bicyclic) bond motifs is 1. The van der Waals surface area contributed by atoms with Gasteiger partial charge in [0.1, 0.15) is 5.82 Å². The van der Waals surface area contributed by atoms with E-state index >= 15 is 0 Å². The fourth-order valence-electron chi connectivity index (χ4n) is 1.55. The molecule has 0 atom stereocenters. The van der Waals surface area contributed by atoms with Gasteiger partial charge in [-0.3, -0.25) is 0 Å². The first-order chi connectivity index (χ1) is 7.49. The summed E-state index contributed by atoms with van der Waals surface area (Å²) in [4.78, 5) is 18.3. The van der Waals surface area contributed by atoms with Crippen molar-refractivity contribution in [3.05, 3.63) is 23.5 Å². The van der Waals surface area contributed by atoms with Crippen molar-refractivity contribution in [3.63, 3.8) is 0 Å². The van der Waals surface area contributed by atoms with Crippen molar-refractivity contribution < 1.29 is 9.90 Å². The van der Waals surface area contributed by atoms with Crippen molar-refractivity contribution in [1.29, 1.82) is 0 Å². The highest BCUT2D eigenvalue weighted by Crippen LogP contribution is 2.22. The minimum Gasteiger partial charge on any atom is -0.478 e. The van der Waals surface area contributed by atoms with E-state index < -0.39 is 5.97 Å². The van der Waals surface area contributed by atoms with Gasteiger partial charge in [0.15, 0.2) is 0 Å². The zero-order valence-electron chi connectivity index (χ0n) is 9.11. The third-order valence-corrected chi connectivity index (χ3v) is 2.45. The molecule has 0 aliphatic heterocycles. The molecule has 1 aromatic heterocycles. The molecule has 1 heterocycles. The van der Waals surface area contributed by atoms with E-state index in [-0.39, 0.29) is 17.2 Å². The lowest BCUT2D eigenvalue weighted by Crippen LogP contribution is -2.01. The second kappa shape index (κ2) is 3.52. The molecular weight excluding hydrogens is 206 g/mol. The van der Waals surface area contributed by atoms with E-state index in [4.69, 9.17) is 10.8 Å². The van der Waals surface area contributed by atoms with Crippen molar-refractivity contribution in [1.82, 2.24) is 9.97 Å². The average Bonchev–Trinajstić information content (AvgIpc) is 2.58.